The summed E-state index contributed by atoms with van der Waals surface area (Å²) in [5.41, 5.74) is 3.71. The molecule has 4 nitrogen and oxygen atoms in total. The summed E-state index contributed by atoms with van der Waals surface area (Å²) in [7, 11) is 0. The van der Waals surface area contributed by atoms with E-state index in [0.29, 0.717) is 22.2 Å². The van der Waals surface area contributed by atoms with E-state index in [1.165, 1.54) is 6.07 Å². The average Bonchev–Trinajstić information content (AvgIpc) is 2.48. The van der Waals surface area contributed by atoms with Crippen molar-refractivity contribution in [3.63, 3.8) is 0 Å². The third-order valence-electron chi connectivity index (χ3n) is 3.62. The van der Waals surface area contributed by atoms with Crippen molar-refractivity contribution in [3.8, 4) is 17.0 Å². The fourth-order valence-electron chi connectivity index (χ4n) is 2.51. The molecule has 1 heterocycles. The number of aryl methyl sites for hydroxylation is 2. The summed E-state index contributed by atoms with van der Waals surface area (Å²) in [6.45, 7) is 3.82. The molecular formula is C18H15NO3. The lowest BCUT2D eigenvalue weighted by Gasteiger charge is -2.10. The Morgan fingerprint density at radius 3 is 2.41 bits per heavy atom. The van der Waals surface area contributed by atoms with Crippen LogP contribution < -0.4 is 0 Å². The van der Waals surface area contributed by atoms with Gasteiger partial charge in [-0.1, -0.05) is 23.3 Å². The van der Waals surface area contributed by atoms with Gasteiger partial charge in [-0.3, -0.25) is 0 Å². The Bertz CT molecular complexity index is 900. The highest BCUT2D eigenvalue weighted by Crippen LogP contribution is 2.31. The summed E-state index contributed by atoms with van der Waals surface area (Å²) in [6, 6.07) is 12.2. The van der Waals surface area contributed by atoms with E-state index >= 15 is 0 Å². The second kappa shape index (κ2) is 5.15. The van der Waals surface area contributed by atoms with Crippen LogP contribution in [0, 0.1) is 13.8 Å². The summed E-state index contributed by atoms with van der Waals surface area (Å²) in [5.74, 6) is -0.924. The molecule has 0 spiro atoms. The zero-order valence-corrected chi connectivity index (χ0v) is 12.3. The van der Waals surface area contributed by atoms with Crippen LogP contribution in [0.1, 0.15) is 21.5 Å². The number of benzene rings is 2. The highest BCUT2D eigenvalue weighted by Gasteiger charge is 2.15. The Morgan fingerprint density at radius 2 is 1.68 bits per heavy atom. The topological polar surface area (TPSA) is 70.4 Å². The standard InChI is InChI=1S/C18H15NO3/c1-10-3-5-15-12(7-10)13(18(21)22)9-16(19-15)14-8-11(2)4-6-17(14)20/h3-9,20H,1-2H3,(H,21,22). The monoisotopic (exact) mass is 293 g/mol. The molecule has 0 unspecified atom stereocenters. The van der Waals surface area contributed by atoms with Crippen molar-refractivity contribution in [2.24, 2.45) is 0 Å². The largest absolute Gasteiger partial charge is 0.507 e. The number of aromatic nitrogens is 1. The number of phenolic OH excluding ortho intramolecular Hbond substituents is 1. The van der Waals surface area contributed by atoms with Crippen molar-refractivity contribution in [1.82, 2.24) is 4.98 Å². The van der Waals surface area contributed by atoms with Crippen LogP contribution >= 0.6 is 0 Å². The number of aromatic carboxylic acids is 1. The zero-order chi connectivity index (χ0) is 15.9. The number of pyridine rings is 1. The number of hydrogen-bond acceptors (Lipinski definition) is 3. The fourth-order valence-corrected chi connectivity index (χ4v) is 2.51. The molecule has 110 valence electrons. The van der Waals surface area contributed by atoms with Gasteiger partial charge in [0.2, 0.25) is 0 Å². The maximum Gasteiger partial charge on any atom is 0.336 e. The molecule has 22 heavy (non-hydrogen) atoms. The van der Waals surface area contributed by atoms with E-state index in [1.807, 2.05) is 26.0 Å². The van der Waals surface area contributed by atoms with Gasteiger partial charge in [0.25, 0.3) is 0 Å². The maximum atomic E-state index is 11.6. The average molecular weight is 293 g/mol. The molecule has 0 aliphatic rings. The van der Waals surface area contributed by atoms with Crippen LogP contribution in [0.2, 0.25) is 0 Å². The van der Waals surface area contributed by atoms with E-state index < -0.39 is 5.97 Å². The minimum Gasteiger partial charge on any atom is -0.507 e. The number of carboxylic acid groups (broad SMARTS) is 1. The number of fused-ring (bicyclic) bond motifs is 1. The number of rotatable bonds is 2. The molecule has 3 aromatic rings. The molecule has 0 bridgehead atoms. The van der Waals surface area contributed by atoms with Gasteiger partial charge in [-0.25, -0.2) is 9.78 Å². The van der Waals surface area contributed by atoms with Crippen molar-refractivity contribution in [3.05, 3.63) is 59.2 Å². The lowest BCUT2D eigenvalue weighted by atomic mass is 10.0. The highest BCUT2D eigenvalue weighted by molar-refractivity contribution is 6.04. The van der Waals surface area contributed by atoms with Crippen LogP contribution in [-0.2, 0) is 0 Å². The Hall–Kier alpha value is -2.88. The Balaban J connectivity index is 2.34. The van der Waals surface area contributed by atoms with Crippen LogP contribution in [0.3, 0.4) is 0 Å². The summed E-state index contributed by atoms with van der Waals surface area (Å²) >= 11 is 0. The van der Waals surface area contributed by atoms with Gasteiger partial charge >= 0.3 is 5.97 Å². The molecule has 0 fully saturated rings. The van der Waals surface area contributed by atoms with Gasteiger partial charge < -0.3 is 10.2 Å². The molecule has 0 saturated carbocycles. The van der Waals surface area contributed by atoms with Gasteiger partial charge in [0.15, 0.2) is 0 Å². The molecule has 2 aromatic carbocycles. The van der Waals surface area contributed by atoms with Gasteiger partial charge in [0, 0.05) is 10.9 Å². The van der Waals surface area contributed by atoms with Gasteiger partial charge in [0.1, 0.15) is 5.75 Å². The SMILES string of the molecule is Cc1ccc(O)c(-c2cc(C(=O)O)c3cc(C)ccc3n2)c1. The molecular weight excluding hydrogens is 278 g/mol. The van der Waals surface area contributed by atoms with E-state index in [2.05, 4.69) is 4.98 Å². The predicted octanol–water partition coefficient (Wildman–Crippen LogP) is 3.92. The molecule has 0 aliphatic carbocycles. The van der Waals surface area contributed by atoms with Gasteiger partial charge in [-0.05, 0) is 44.2 Å². The number of hydrogen-bond donors (Lipinski definition) is 2. The number of carbonyl (C=O) groups is 1. The van der Waals surface area contributed by atoms with Gasteiger partial charge in [-0.2, -0.15) is 0 Å². The zero-order valence-electron chi connectivity index (χ0n) is 12.3. The molecule has 0 aliphatic heterocycles. The van der Waals surface area contributed by atoms with Crippen LogP contribution in [0.15, 0.2) is 42.5 Å². The van der Waals surface area contributed by atoms with Crippen LogP contribution in [0.5, 0.6) is 5.75 Å². The normalized spacial score (nSPS) is 10.8. The molecule has 0 atom stereocenters. The van der Waals surface area contributed by atoms with Crippen molar-refractivity contribution in [2.45, 2.75) is 13.8 Å². The third kappa shape index (κ3) is 2.39. The maximum absolute atomic E-state index is 11.6. The van der Waals surface area contributed by atoms with E-state index in [4.69, 9.17) is 0 Å². The smallest absolute Gasteiger partial charge is 0.336 e. The Kier molecular flexibility index (Phi) is 3.29. The first-order chi connectivity index (χ1) is 10.5. The van der Waals surface area contributed by atoms with Crippen molar-refractivity contribution >= 4 is 16.9 Å². The predicted molar refractivity (Wildman–Crippen MR) is 85.3 cm³/mol. The minimum atomic E-state index is -1.01. The Morgan fingerprint density at radius 1 is 1.00 bits per heavy atom. The number of aromatic hydroxyl groups is 1. The van der Waals surface area contributed by atoms with E-state index in [0.717, 1.165) is 11.1 Å². The van der Waals surface area contributed by atoms with E-state index in [-0.39, 0.29) is 11.3 Å². The van der Waals surface area contributed by atoms with Crippen molar-refractivity contribution < 1.29 is 15.0 Å². The second-order valence-corrected chi connectivity index (χ2v) is 5.40. The third-order valence-corrected chi connectivity index (χ3v) is 3.62. The molecule has 1 aromatic heterocycles. The summed E-state index contributed by atoms with van der Waals surface area (Å²) in [4.78, 5) is 16.1. The molecule has 4 heteroatoms. The first kappa shape index (κ1) is 14.1. The molecule has 0 amide bonds. The van der Waals surface area contributed by atoms with Crippen LogP contribution in [-0.4, -0.2) is 21.2 Å². The first-order valence-corrected chi connectivity index (χ1v) is 6.90. The molecule has 0 radical (unpaired) electrons. The fraction of sp³-hybridized carbons (Fsp3) is 0.111. The quantitative estimate of drug-likeness (QED) is 0.751. The summed E-state index contributed by atoms with van der Waals surface area (Å²) in [5, 5.41) is 20.1. The summed E-state index contributed by atoms with van der Waals surface area (Å²) < 4.78 is 0. The van der Waals surface area contributed by atoms with E-state index in [1.54, 1.807) is 24.3 Å². The summed E-state index contributed by atoms with van der Waals surface area (Å²) in [6.07, 6.45) is 0. The second-order valence-electron chi connectivity index (χ2n) is 5.40. The lowest BCUT2D eigenvalue weighted by Crippen LogP contribution is -2.00. The van der Waals surface area contributed by atoms with Crippen molar-refractivity contribution in [1.29, 1.82) is 0 Å². The Labute approximate surface area is 127 Å². The first-order valence-electron chi connectivity index (χ1n) is 6.90. The van der Waals surface area contributed by atoms with E-state index in [9.17, 15) is 15.0 Å². The van der Waals surface area contributed by atoms with Gasteiger partial charge in [0.05, 0.1) is 16.8 Å². The molecule has 2 N–H and O–H groups in total. The van der Waals surface area contributed by atoms with Crippen LogP contribution in [0.4, 0.5) is 0 Å². The lowest BCUT2D eigenvalue weighted by molar-refractivity contribution is 0.0699. The number of carboxylic acids is 1. The van der Waals surface area contributed by atoms with Crippen LogP contribution in [0.25, 0.3) is 22.2 Å². The number of nitrogens with zero attached hydrogens (tertiary/aromatic N) is 1. The molecule has 3 rings (SSSR count). The molecule has 0 saturated heterocycles. The minimum absolute atomic E-state index is 0.0842. The highest BCUT2D eigenvalue weighted by atomic mass is 16.4. The van der Waals surface area contributed by atoms with Crippen molar-refractivity contribution in [2.75, 3.05) is 0 Å². The van der Waals surface area contributed by atoms with Gasteiger partial charge in [-0.15, -0.1) is 0 Å². The number of phenols is 1.